The second-order valence-electron chi connectivity index (χ2n) is 8.44. The van der Waals surface area contributed by atoms with Gasteiger partial charge in [-0.15, -0.1) is 0 Å². The number of aryl methyl sites for hydroxylation is 1. The van der Waals surface area contributed by atoms with E-state index in [2.05, 4.69) is 5.32 Å². The second kappa shape index (κ2) is 9.94. The van der Waals surface area contributed by atoms with E-state index in [9.17, 15) is 14.4 Å². The van der Waals surface area contributed by atoms with Crippen molar-refractivity contribution in [3.63, 3.8) is 0 Å². The zero-order valence-electron chi connectivity index (χ0n) is 18.9. The Bertz CT molecular complexity index is 1030. The Balaban J connectivity index is 1.93. The number of hydrogen-bond donors (Lipinski definition) is 1. The minimum Gasteiger partial charge on any atom is -0.426 e. The monoisotopic (exact) mass is 424 g/mol. The molecule has 1 amide bonds. The van der Waals surface area contributed by atoms with Crippen molar-refractivity contribution in [1.29, 1.82) is 0 Å². The third-order valence-corrected chi connectivity index (χ3v) is 6.15. The molecule has 1 saturated carbocycles. The molecule has 6 nitrogen and oxygen atoms in total. The van der Waals surface area contributed by atoms with Gasteiger partial charge in [0.1, 0.15) is 11.3 Å². The van der Waals surface area contributed by atoms with E-state index in [0.717, 1.165) is 30.5 Å². The predicted molar refractivity (Wildman–Crippen MR) is 122 cm³/mol. The molecule has 0 unspecified atom stereocenters. The standard InChI is InChI=1S/C25H32N2O4/c1-5-22-16(2)14-20(25(30)27(22)15-19-10-7-6-8-11-19)24(29)26-21-12-9-13-23(17(21)3)31-18(4)28/h9,12-14,19H,5-8,10-11,15H2,1-4H3,(H,26,29). The zero-order valence-corrected chi connectivity index (χ0v) is 18.9. The second-order valence-corrected chi connectivity index (χ2v) is 8.44. The number of pyridine rings is 1. The van der Waals surface area contributed by atoms with Gasteiger partial charge in [0.05, 0.1) is 0 Å². The summed E-state index contributed by atoms with van der Waals surface area (Å²) < 4.78 is 7.02. The van der Waals surface area contributed by atoms with E-state index < -0.39 is 11.9 Å². The highest BCUT2D eigenvalue weighted by Gasteiger charge is 2.21. The van der Waals surface area contributed by atoms with Gasteiger partial charge in [0.2, 0.25) is 0 Å². The summed E-state index contributed by atoms with van der Waals surface area (Å²) in [6.45, 7) is 7.77. The summed E-state index contributed by atoms with van der Waals surface area (Å²) in [5.74, 6) is -0.00573. The van der Waals surface area contributed by atoms with Crippen LogP contribution in [0.3, 0.4) is 0 Å². The summed E-state index contributed by atoms with van der Waals surface area (Å²) in [7, 11) is 0. The summed E-state index contributed by atoms with van der Waals surface area (Å²) in [4.78, 5) is 37.7. The molecular formula is C25H32N2O4. The smallest absolute Gasteiger partial charge is 0.308 e. The first-order valence-corrected chi connectivity index (χ1v) is 11.1. The van der Waals surface area contributed by atoms with Gasteiger partial charge in [-0.25, -0.2) is 0 Å². The van der Waals surface area contributed by atoms with Gasteiger partial charge in [-0.1, -0.05) is 32.3 Å². The van der Waals surface area contributed by atoms with Gasteiger partial charge in [0.15, 0.2) is 0 Å². The SMILES string of the molecule is CCc1c(C)cc(C(=O)Nc2cccc(OC(C)=O)c2C)c(=O)n1CC1CCCCC1. The van der Waals surface area contributed by atoms with Gasteiger partial charge < -0.3 is 14.6 Å². The molecule has 0 radical (unpaired) electrons. The van der Waals surface area contributed by atoms with Gasteiger partial charge in [-0.3, -0.25) is 14.4 Å². The number of amides is 1. The first-order valence-electron chi connectivity index (χ1n) is 11.1. The Morgan fingerprint density at radius 3 is 2.52 bits per heavy atom. The Morgan fingerprint density at radius 1 is 1.16 bits per heavy atom. The lowest BCUT2D eigenvalue weighted by molar-refractivity contribution is -0.131. The summed E-state index contributed by atoms with van der Waals surface area (Å²) in [5.41, 5.74) is 3.01. The predicted octanol–water partition coefficient (Wildman–Crippen LogP) is 4.79. The van der Waals surface area contributed by atoms with E-state index >= 15 is 0 Å². The van der Waals surface area contributed by atoms with Crippen LogP contribution in [0.4, 0.5) is 5.69 Å². The van der Waals surface area contributed by atoms with Crippen molar-refractivity contribution < 1.29 is 14.3 Å². The Morgan fingerprint density at radius 2 is 1.87 bits per heavy atom. The molecule has 0 atom stereocenters. The third-order valence-electron chi connectivity index (χ3n) is 6.15. The van der Waals surface area contributed by atoms with Crippen LogP contribution in [0.1, 0.15) is 73.1 Å². The summed E-state index contributed by atoms with van der Waals surface area (Å²) in [6.07, 6.45) is 6.69. The minimum atomic E-state index is -0.448. The summed E-state index contributed by atoms with van der Waals surface area (Å²) >= 11 is 0. The maximum absolute atomic E-state index is 13.3. The van der Waals surface area contributed by atoms with E-state index in [1.165, 1.54) is 26.2 Å². The van der Waals surface area contributed by atoms with Crippen LogP contribution in [0, 0.1) is 19.8 Å². The number of benzene rings is 1. The lowest BCUT2D eigenvalue weighted by Crippen LogP contribution is -2.34. The van der Waals surface area contributed by atoms with E-state index in [0.29, 0.717) is 29.5 Å². The van der Waals surface area contributed by atoms with Crippen molar-refractivity contribution in [3.05, 3.63) is 57.0 Å². The first-order chi connectivity index (χ1) is 14.8. The highest BCUT2D eigenvalue weighted by molar-refractivity contribution is 6.04. The Labute approximate surface area is 183 Å². The third kappa shape index (κ3) is 5.24. The normalized spacial score (nSPS) is 14.3. The fraction of sp³-hybridized carbons (Fsp3) is 0.480. The van der Waals surface area contributed by atoms with E-state index in [-0.39, 0.29) is 11.1 Å². The van der Waals surface area contributed by atoms with Gasteiger partial charge >= 0.3 is 5.97 Å². The number of esters is 1. The van der Waals surface area contributed by atoms with Crippen molar-refractivity contribution in [1.82, 2.24) is 4.57 Å². The highest BCUT2D eigenvalue weighted by atomic mass is 16.5. The Hall–Kier alpha value is -2.89. The molecule has 6 heteroatoms. The molecule has 1 aromatic carbocycles. The molecule has 0 bridgehead atoms. The van der Waals surface area contributed by atoms with Crippen LogP contribution in [-0.4, -0.2) is 16.4 Å². The first kappa shape index (κ1) is 22.8. The van der Waals surface area contributed by atoms with E-state index in [4.69, 9.17) is 4.74 Å². The molecule has 0 spiro atoms. The number of carbonyl (C=O) groups is 2. The summed E-state index contributed by atoms with van der Waals surface area (Å²) in [6, 6.07) is 6.80. The average Bonchev–Trinajstić information content (AvgIpc) is 2.74. The molecule has 1 aromatic heterocycles. The molecule has 0 aliphatic heterocycles. The molecule has 3 rings (SSSR count). The quantitative estimate of drug-likeness (QED) is 0.534. The van der Waals surface area contributed by atoms with Crippen LogP contribution >= 0.6 is 0 Å². The largest absolute Gasteiger partial charge is 0.426 e. The van der Waals surface area contributed by atoms with Crippen molar-refractivity contribution in [2.45, 2.75) is 72.8 Å². The molecule has 1 N–H and O–H groups in total. The number of nitrogens with one attached hydrogen (secondary N) is 1. The molecule has 1 fully saturated rings. The molecular weight excluding hydrogens is 392 g/mol. The summed E-state index contributed by atoms with van der Waals surface area (Å²) in [5, 5.41) is 2.83. The minimum absolute atomic E-state index is 0.141. The number of anilines is 1. The fourth-order valence-electron chi connectivity index (χ4n) is 4.50. The topological polar surface area (TPSA) is 77.4 Å². The van der Waals surface area contributed by atoms with Crippen LogP contribution < -0.4 is 15.6 Å². The van der Waals surface area contributed by atoms with Gasteiger partial charge in [-0.2, -0.15) is 0 Å². The van der Waals surface area contributed by atoms with Crippen LogP contribution in [-0.2, 0) is 17.8 Å². The highest BCUT2D eigenvalue weighted by Crippen LogP contribution is 2.27. The fourth-order valence-corrected chi connectivity index (χ4v) is 4.50. The lowest BCUT2D eigenvalue weighted by atomic mass is 9.89. The number of hydrogen-bond acceptors (Lipinski definition) is 4. The van der Waals surface area contributed by atoms with E-state index in [1.807, 2.05) is 18.4 Å². The van der Waals surface area contributed by atoms with Crippen molar-refractivity contribution in [2.24, 2.45) is 5.92 Å². The van der Waals surface area contributed by atoms with Crippen molar-refractivity contribution in [3.8, 4) is 5.75 Å². The molecule has 166 valence electrons. The average molecular weight is 425 g/mol. The number of aromatic nitrogens is 1. The number of ether oxygens (including phenoxy) is 1. The molecule has 0 saturated heterocycles. The van der Waals surface area contributed by atoms with Crippen LogP contribution in [0.5, 0.6) is 5.75 Å². The maximum Gasteiger partial charge on any atom is 0.308 e. The molecule has 1 aliphatic rings. The van der Waals surface area contributed by atoms with Gasteiger partial charge in [0, 0.05) is 30.4 Å². The van der Waals surface area contributed by atoms with Gasteiger partial charge in [-0.05, 0) is 62.8 Å². The van der Waals surface area contributed by atoms with Crippen molar-refractivity contribution in [2.75, 3.05) is 5.32 Å². The zero-order chi connectivity index (χ0) is 22.5. The molecule has 31 heavy (non-hydrogen) atoms. The number of carbonyl (C=O) groups excluding carboxylic acids is 2. The van der Waals surface area contributed by atoms with Crippen molar-refractivity contribution >= 4 is 17.6 Å². The molecule has 2 aromatic rings. The number of rotatable bonds is 6. The van der Waals surface area contributed by atoms with E-state index in [1.54, 1.807) is 31.2 Å². The maximum atomic E-state index is 13.3. The lowest BCUT2D eigenvalue weighted by Gasteiger charge is -2.25. The van der Waals surface area contributed by atoms with Gasteiger partial charge in [0.25, 0.3) is 11.5 Å². The number of nitrogens with zero attached hydrogens (tertiary/aromatic N) is 1. The van der Waals surface area contributed by atoms with Crippen LogP contribution in [0.25, 0.3) is 0 Å². The van der Waals surface area contributed by atoms with Crippen LogP contribution in [0.2, 0.25) is 0 Å². The molecule has 1 heterocycles. The van der Waals surface area contributed by atoms with Crippen LogP contribution in [0.15, 0.2) is 29.1 Å². The molecule has 1 aliphatic carbocycles. The Kier molecular flexibility index (Phi) is 7.31.